The molecule has 0 aliphatic carbocycles. The summed E-state index contributed by atoms with van der Waals surface area (Å²) in [6.45, 7) is 3.49. The SMILES string of the molecule is CC(Cl)c1nc2cc(Cl)c(F)cc2n1C(C)C(=O)N(C)C. The predicted octanol–water partition coefficient (Wildman–Crippen LogP) is 3.78. The summed E-state index contributed by atoms with van der Waals surface area (Å²) < 4.78 is 15.4. The Morgan fingerprint density at radius 3 is 2.52 bits per heavy atom. The molecule has 1 amide bonds. The van der Waals surface area contributed by atoms with Gasteiger partial charge in [-0.2, -0.15) is 0 Å². The third-order valence-corrected chi connectivity index (χ3v) is 3.78. The molecular weight excluding hydrogens is 316 g/mol. The van der Waals surface area contributed by atoms with Gasteiger partial charge in [0.15, 0.2) is 0 Å². The van der Waals surface area contributed by atoms with E-state index in [1.54, 1.807) is 32.5 Å². The number of carbonyl (C=O) groups is 1. The minimum absolute atomic E-state index is 0.00693. The monoisotopic (exact) mass is 331 g/mol. The van der Waals surface area contributed by atoms with Crippen LogP contribution in [0.25, 0.3) is 11.0 Å². The van der Waals surface area contributed by atoms with Gasteiger partial charge in [0.05, 0.1) is 21.4 Å². The number of carbonyl (C=O) groups excluding carboxylic acids is 1. The number of benzene rings is 1. The van der Waals surface area contributed by atoms with Crippen LogP contribution >= 0.6 is 23.2 Å². The summed E-state index contributed by atoms with van der Waals surface area (Å²) in [7, 11) is 3.33. The Morgan fingerprint density at radius 2 is 2.00 bits per heavy atom. The Hall–Kier alpha value is -1.33. The van der Waals surface area contributed by atoms with Crippen LogP contribution in [0.1, 0.15) is 31.1 Å². The highest BCUT2D eigenvalue weighted by Gasteiger charge is 2.25. The highest BCUT2D eigenvalue weighted by molar-refractivity contribution is 6.31. The molecule has 2 aromatic rings. The van der Waals surface area contributed by atoms with Crippen molar-refractivity contribution in [2.45, 2.75) is 25.3 Å². The summed E-state index contributed by atoms with van der Waals surface area (Å²) in [6, 6.07) is 2.19. The Bertz CT molecular complexity index is 697. The van der Waals surface area contributed by atoms with Gasteiger partial charge in [0.2, 0.25) is 5.91 Å². The normalized spacial score (nSPS) is 14.2. The van der Waals surface area contributed by atoms with Gasteiger partial charge < -0.3 is 9.47 Å². The van der Waals surface area contributed by atoms with Gasteiger partial charge in [-0.25, -0.2) is 9.37 Å². The van der Waals surface area contributed by atoms with Crippen molar-refractivity contribution in [3.8, 4) is 0 Å². The topological polar surface area (TPSA) is 38.1 Å². The van der Waals surface area contributed by atoms with Crippen LogP contribution in [-0.4, -0.2) is 34.5 Å². The van der Waals surface area contributed by atoms with E-state index in [1.807, 2.05) is 0 Å². The van der Waals surface area contributed by atoms with Crippen LogP contribution in [0.3, 0.4) is 0 Å². The summed E-state index contributed by atoms with van der Waals surface area (Å²) in [6.07, 6.45) is 0. The van der Waals surface area contributed by atoms with Crippen LogP contribution in [0.5, 0.6) is 0 Å². The van der Waals surface area contributed by atoms with Crippen LogP contribution in [0.15, 0.2) is 12.1 Å². The Kier molecular flexibility index (Phi) is 4.44. The standard InChI is InChI=1S/C14H16Cl2FN3O/c1-7(15)13-18-11-5-9(16)10(17)6-12(11)20(13)8(2)14(21)19(3)4/h5-8H,1-4H3. The first kappa shape index (κ1) is 16.0. The molecule has 2 unspecified atom stereocenters. The van der Waals surface area contributed by atoms with Gasteiger partial charge in [0.25, 0.3) is 0 Å². The summed E-state index contributed by atoms with van der Waals surface area (Å²) in [5, 5.41) is -0.427. The molecule has 4 nitrogen and oxygen atoms in total. The lowest BCUT2D eigenvalue weighted by atomic mass is 10.2. The van der Waals surface area contributed by atoms with Crippen molar-refractivity contribution in [3.05, 3.63) is 28.8 Å². The second kappa shape index (κ2) is 5.81. The summed E-state index contributed by atoms with van der Waals surface area (Å²) >= 11 is 11.9. The van der Waals surface area contributed by atoms with Crippen molar-refractivity contribution >= 4 is 40.1 Å². The van der Waals surface area contributed by atoms with E-state index >= 15 is 0 Å². The van der Waals surface area contributed by atoms with Gasteiger partial charge in [-0.1, -0.05) is 11.6 Å². The van der Waals surface area contributed by atoms with Gasteiger partial charge >= 0.3 is 0 Å². The smallest absolute Gasteiger partial charge is 0.244 e. The van der Waals surface area contributed by atoms with Gasteiger partial charge in [-0.15, -0.1) is 11.6 Å². The lowest BCUT2D eigenvalue weighted by molar-refractivity contribution is -0.131. The second-order valence-corrected chi connectivity index (χ2v) is 6.18. The highest BCUT2D eigenvalue weighted by Crippen LogP contribution is 2.31. The second-order valence-electron chi connectivity index (χ2n) is 5.12. The van der Waals surface area contributed by atoms with Crippen LogP contribution in [-0.2, 0) is 4.79 Å². The number of rotatable bonds is 3. The number of amides is 1. The van der Waals surface area contributed by atoms with Crippen molar-refractivity contribution in [3.63, 3.8) is 0 Å². The van der Waals surface area contributed by atoms with Crippen molar-refractivity contribution < 1.29 is 9.18 Å². The lowest BCUT2D eigenvalue weighted by Gasteiger charge is -2.21. The van der Waals surface area contributed by atoms with Gasteiger partial charge in [0.1, 0.15) is 17.7 Å². The van der Waals surface area contributed by atoms with Crippen molar-refractivity contribution in [1.29, 1.82) is 0 Å². The molecule has 21 heavy (non-hydrogen) atoms. The number of hydrogen-bond donors (Lipinski definition) is 0. The number of aromatic nitrogens is 2. The summed E-state index contributed by atoms with van der Waals surface area (Å²) in [5.74, 6) is -0.164. The fraction of sp³-hybridized carbons (Fsp3) is 0.429. The molecular formula is C14H16Cl2FN3O. The number of nitrogens with zero attached hydrogens (tertiary/aromatic N) is 3. The Morgan fingerprint density at radius 1 is 1.38 bits per heavy atom. The average Bonchev–Trinajstić information content (AvgIpc) is 2.76. The number of halogens is 3. The number of likely N-dealkylation sites (N-methyl/N-ethyl adjacent to an activating group) is 1. The van der Waals surface area contributed by atoms with Gasteiger partial charge in [-0.3, -0.25) is 4.79 Å². The molecule has 0 aliphatic heterocycles. The molecule has 2 rings (SSSR count). The summed E-state index contributed by atoms with van der Waals surface area (Å²) in [5.41, 5.74) is 1.02. The molecule has 0 fully saturated rings. The van der Waals surface area contributed by atoms with Crippen LogP contribution in [0, 0.1) is 5.82 Å². The number of alkyl halides is 1. The third-order valence-electron chi connectivity index (χ3n) is 3.30. The third kappa shape index (κ3) is 2.85. The lowest BCUT2D eigenvalue weighted by Crippen LogP contribution is -2.30. The molecule has 2 atom stereocenters. The first-order chi connectivity index (χ1) is 9.73. The maximum atomic E-state index is 13.8. The van der Waals surface area contributed by atoms with E-state index in [2.05, 4.69) is 4.98 Å². The van der Waals surface area contributed by atoms with E-state index in [9.17, 15) is 9.18 Å². The molecule has 0 N–H and O–H groups in total. The maximum absolute atomic E-state index is 13.8. The molecule has 1 heterocycles. The molecule has 1 aromatic carbocycles. The first-order valence-corrected chi connectivity index (χ1v) is 7.27. The Balaban J connectivity index is 2.72. The predicted molar refractivity (Wildman–Crippen MR) is 82.4 cm³/mol. The van der Waals surface area contributed by atoms with E-state index in [0.717, 1.165) is 0 Å². The largest absolute Gasteiger partial charge is 0.347 e. The minimum Gasteiger partial charge on any atom is -0.347 e. The molecule has 0 radical (unpaired) electrons. The number of imidazole rings is 1. The molecule has 0 bridgehead atoms. The first-order valence-electron chi connectivity index (χ1n) is 6.46. The summed E-state index contributed by atoms with van der Waals surface area (Å²) in [4.78, 5) is 18.1. The van der Waals surface area contributed by atoms with E-state index in [-0.39, 0.29) is 10.9 Å². The number of fused-ring (bicyclic) bond motifs is 1. The van der Waals surface area contributed by atoms with Gasteiger partial charge in [-0.05, 0) is 19.9 Å². The zero-order valence-electron chi connectivity index (χ0n) is 12.2. The van der Waals surface area contributed by atoms with Crippen LogP contribution < -0.4 is 0 Å². The fourth-order valence-corrected chi connectivity index (χ4v) is 2.59. The fourth-order valence-electron chi connectivity index (χ4n) is 2.28. The van der Waals surface area contributed by atoms with Crippen molar-refractivity contribution in [2.75, 3.05) is 14.1 Å². The van der Waals surface area contributed by atoms with Crippen molar-refractivity contribution in [2.24, 2.45) is 0 Å². The number of hydrogen-bond acceptors (Lipinski definition) is 2. The minimum atomic E-state index is -0.552. The van der Waals surface area contributed by atoms with E-state index in [0.29, 0.717) is 16.9 Å². The van der Waals surface area contributed by atoms with Gasteiger partial charge in [0, 0.05) is 20.2 Å². The molecule has 0 aliphatic rings. The quantitative estimate of drug-likeness (QED) is 0.803. The molecule has 1 aromatic heterocycles. The van der Waals surface area contributed by atoms with Crippen molar-refractivity contribution in [1.82, 2.24) is 14.5 Å². The molecule has 7 heteroatoms. The molecule has 0 saturated heterocycles. The van der Waals surface area contributed by atoms with E-state index in [1.165, 1.54) is 17.0 Å². The molecule has 0 spiro atoms. The van der Waals surface area contributed by atoms with E-state index < -0.39 is 17.2 Å². The zero-order chi connectivity index (χ0) is 15.9. The maximum Gasteiger partial charge on any atom is 0.244 e. The zero-order valence-corrected chi connectivity index (χ0v) is 13.7. The molecule has 0 saturated carbocycles. The highest BCUT2D eigenvalue weighted by atomic mass is 35.5. The van der Waals surface area contributed by atoms with E-state index in [4.69, 9.17) is 23.2 Å². The molecule has 114 valence electrons. The van der Waals surface area contributed by atoms with Crippen LogP contribution in [0.4, 0.5) is 4.39 Å². The average molecular weight is 332 g/mol. The van der Waals surface area contributed by atoms with Crippen LogP contribution in [0.2, 0.25) is 5.02 Å². The Labute approximate surface area is 132 Å².